The number of rotatable bonds is 3. The fourth-order valence-electron chi connectivity index (χ4n) is 3.32. The van der Waals surface area contributed by atoms with E-state index in [2.05, 4.69) is 34.8 Å². The van der Waals surface area contributed by atoms with E-state index in [1.54, 1.807) is 0 Å². The van der Waals surface area contributed by atoms with Crippen LogP contribution in [-0.2, 0) is 13.0 Å². The average molecular weight is 248 g/mol. The number of anilines is 1. The molecule has 3 heterocycles. The number of aromatic nitrogens is 2. The van der Waals surface area contributed by atoms with Crippen molar-refractivity contribution in [3.8, 4) is 0 Å². The lowest BCUT2D eigenvalue weighted by atomic mass is 9.94. The van der Waals surface area contributed by atoms with Gasteiger partial charge in [-0.05, 0) is 38.6 Å². The number of fused-ring (bicyclic) bond motifs is 1. The second-order valence-electron chi connectivity index (χ2n) is 5.54. The normalized spacial score (nSPS) is 27.6. The predicted molar refractivity (Wildman–Crippen MR) is 74.0 cm³/mol. The molecule has 2 atom stereocenters. The maximum Gasteiger partial charge on any atom is 0.205 e. The van der Waals surface area contributed by atoms with Crippen LogP contribution in [0.4, 0.5) is 5.95 Å². The summed E-state index contributed by atoms with van der Waals surface area (Å²) in [6.07, 6.45) is 5.95. The van der Waals surface area contributed by atoms with Crippen molar-refractivity contribution >= 4 is 5.95 Å². The molecule has 2 fully saturated rings. The van der Waals surface area contributed by atoms with E-state index < -0.39 is 0 Å². The van der Waals surface area contributed by atoms with Crippen molar-refractivity contribution in [3.63, 3.8) is 0 Å². The van der Waals surface area contributed by atoms with Crippen molar-refractivity contribution in [3.05, 3.63) is 11.9 Å². The van der Waals surface area contributed by atoms with E-state index in [0.29, 0.717) is 6.04 Å². The van der Waals surface area contributed by atoms with Crippen molar-refractivity contribution in [2.75, 3.05) is 24.5 Å². The Morgan fingerprint density at radius 2 is 2.28 bits per heavy atom. The molecule has 0 bridgehead atoms. The lowest BCUT2D eigenvalue weighted by Gasteiger charge is -2.24. The summed E-state index contributed by atoms with van der Waals surface area (Å²) < 4.78 is 2.30. The molecule has 1 aromatic rings. The summed E-state index contributed by atoms with van der Waals surface area (Å²) >= 11 is 0. The minimum absolute atomic E-state index is 0.686. The van der Waals surface area contributed by atoms with Gasteiger partial charge >= 0.3 is 0 Å². The first kappa shape index (κ1) is 12.0. The molecular formula is C14H24N4. The van der Waals surface area contributed by atoms with E-state index in [1.807, 2.05) is 0 Å². The molecular weight excluding hydrogens is 224 g/mol. The Hall–Kier alpha value is -1.03. The van der Waals surface area contributed by atoms with Crippen molar-refractivity contribution in [2.45, 2.75) is 45.7 Å². The molecule has 2 aliphatic rings. The standard InChI is InChI=1S/C14H24N4/c1-3-12-9-17(4-2)14(16-12)18-8-11-6-5-7-15-13(11)10-18/h9,11,13,15H,3-8,10H2,1-2H3/t11-,13+/m0/s1. The molecule has 2 saturated heterocycles. The van der Waals surface area contributed by atoms with Crippen LogP contribution in [0.3, 0.4) is 0 Å². The minimum Gasteiger partial charge on any atom is -0.340 e. The van der Waals surface area contributed by atoms with E-state index >= 15 is 0 Å². The van der Waals surface area contributed by atoms with Gasteiger partial charge in [-0.15, -0.1) is 0 Å². The van der Waals surface area contributed by atoms with Gasteiger partial charge in [0.2, 0.25) is 5.95 Å². The molecule has 4 nitrogen and oxygen atoms in total. The first-order valence-corrected chi connectivity index (χ1v) is 7.36. The van der Waals surface area contributed by atoms with Gasteiger partial charge in [-0.2, -0.15) is 0 Å². The predicted octanol–water partition coefficient (Wildman–Crippen LogP) is 1.65. The van der Waals surface area contributed by atoms with Crippen LogP contribution in [0, 0.1) is 5.92 Å². The van der Waals surface area contributed by atoms with Gasteiger partial charge in [0, 0.05) is 31.9 Å². The number of nitrogens with zero attached hydrogens (tertiary/aromatic N) is 3. The molecule has 1 N–H and O–H groups in total. The minimum atomic E-state index is 0.686. The van der Waals surface area contributed by atoms with Crippen molar-refractivity contribution in [1.29, 1.82) is 0 Å². The highest BCUT2D eigenvalue weighted by Crippen LogP contribution is 2.28. The Kier molecular flexibility index (Phi) is 3.29. The van der Waals surface area contributed by atoms with Crippen LogP contribution in [0.5, 0.6) is 0 Å². The molecule has 0 saturated carbocycles. The first-order valence-electron chi connectivity index (χ1n) is 7.36. The van der Waals surface area contributed by atoms with Gasteiger partial charge in [-0.3, -0.25) is 0 Å². The zero-order chi connectivity index (χ0) is 12.5. The van der Waals surface area contributed by atoms with E-state index in [9.17, 15) is 0 Å². The van der Waals surface area contributed by atoms with Gasteiger partial charge in [0.1, 0.15) is 0 Å². The molecule has 0 unspecified atom stereocenters. The molecule has 3 rings (SSSR count). The lowest BCUT2D eigenvalue weighted by molar-refractivity contribution is 0.340. The molecule has 0 aliphatic carbocycles. The molecule has 0 radical (unpaired) electrons. The summed E-state index contributed by atoms with van der Waals surface area (Å²) in [6, 6.07) is 0.686. The van der Waals surface area contributed by atoms with Crippen molar-refractivity contribution in [2.24, 2.45) is 5.92 Å². The first-order chi connectivity index (χ1) is 8.81. The molecule has 0 amide bonds. The van der Waals surface area contributed by atoms with Crippen LogP contribution in [0.25, 0.3) is 0 Å². The third kappa shape index (κ3) is 2.03. The van der Waals surface area contributed by atoms with Gasteiger partial charge in [0.25, 0.3) is 0 Å². The Morgan fingerprint density at radius 3 is 3.00 bits per heavy atom. The van der Waals surface area contributed by atoms with Crippen molar-refractivity contribution in [1.82, 2.24) is 14.9 Å². The smallest absolute Gasteiger partial charge is 0.205 e. The van der Waals surface area contributed by atoms with Crippen LogP contribution < -0.4 is 10.2 Å². The van der Waals surface area contributed by atoms with Gasteiger partial charge < -0.3 is 14.8 Å². The van der Waals surface area contributed by atoms with Gasteiger partial charge in [0.05, 0.1) is 5.69 Å². The zero-order valence-corrected chi connectivity index (χ0v) is 11.5. The van der Waals surface area contributed by atoms with Gasteiger partial charge in [-0.1, -0.05) is 6.92 Å². The molecule has 0 aromatic carbocycles. The summed E-state index contributed by atoms with van der Waals surface area (Å²) in [4.78, 5) is 7.28. The highest BCUT2D eigenvalue weighted by atomic mass is 15.3. The fourth-order valence-corrected chi connectivity index (χ4v) is 3.32. The summed E-state index contributed by atoms with van der Waals surface area (Å²) in [5.74, 6) is 2.01. The summed E-state index contributed by atoms with van der Waals surface area (Å²) in [7, 11) is 0. The number of hydrogen-bond donors (Lipinski definition) is 1. The Bertz CT molecular complexity index is 398. The van der Waals surface area contributed by atoms with E-state index in [-0.39, 0.29) is 0 Å². The molecule has 4 heteroatoms. The molecule has 100 valence electrons. The highest BCUT2D eigenvalue weighted by molar-refractivity contribution is 5.36. The fraction of sp³-hybridized carbons (Fsp3) is 0.786. The third-order valence-electron chi connectivity index (χ3n) is 4.39. The third-order valence-corrected chi connectivity index (χ3v) is 4.39. The van der Waals surface area contributed by atoms with Crippen LogP contribution in [0.1, 0.15) is 32.4 Å². The maximum atomic E-state index is 4.80. The van der Waals surface area contributed by atoms with Crippen LogP contribution in [0.15, 0.2) is 6.20 Å². The Morgan fingerprint density at radius 1 is 1.39 bits per heavy atom. The quantitative estimate of drug-likeness (QED) is 0.883. The molecule has 2 aliphatic heterocycles. The van der Waals surface area contributed by atoms with Gasteiger partial charge in [0.15, 0.2) is 0 Å². The summed E-state index contributed by atoms with van der Waals surface area (Å²) in [5, 5.41) is 3.66. The topological polar surface area (TPSA) is 33.1 Å². The number of nitrogens with one attached hydrogen (secondary N) is 1. The number of hydrogen-bond acceptors (Lipinski definition) is 3. The van der Waals surface area contributed by atoms with Crippen LogP contribution >= 0.6 is 0 Å². The van der Waals surface area contributed by atoms with Crippen LogP contribution in [-0.4, -0.2) is 35.2 Å². The zero-order valence-electron chi connectivity index (χ0n) is 11.5. The van der Waals surface area contributed by atoms with E-state index in [0.717, 1.165) is 25.4 Å². The van der Waals surface area contributed by atoms with E-state index in [4.69, 9.17) is 4.98 Å². The SMILES string of the molecule is CCc1cn(CC)c(N2C[C@@H]3CCCN[C@@H]3C2)n1. The van der Waals surface area contributed by atoms with Crippen molar-refractivity contribution < 1.29 is 0 Å². The second kappa shape index (κ2) is 4.92. The monoisotopic (exact) mass is 248 g/mol. The van der Waals surface area contributed by atoms with E-state index in [1.165, 1.54) is 37.6 Å². The van der Waals surface area contributed by atoms with Crippen LogP contribution in [0.2, 0.25) is 0 Å². The summed E-state index contributed by atoms with van der Waals surface area (Å²) in [5.41, 5.74) is 1.22. The van der Waals surface area contributed by atoms with Gasteiger partial charge in [-0.25, -0.2) is 4.98 Å². The lowest BCUT2D eigenvalue weighted by Crippen LogP contribution is -2.40. The number of piperidine rings is 1. The number of aryl methyl sites for hydroxylation is 2. The maximum absolute atomic E-state index is 4.80. The molecule has 0 spiro atoms. The largest absolute Gasteiger partial charge is 0.340 e. The average Bonchev–Trinajstić information content (AvgIpc) is 3.01. The summed E-state index contributed by atoms with van der Waals surface area (Å²) in [6.45, 7) is 8.89. The Labute approximate surface area is 109 Å². The number of imidazole rings is 1. The Balaban J connectivity index is 1.80. The second-order valence-corrected chi connectivity index (χ2v) is 5.54. The molecule has 18 heavy (non-hydrogen) atoms. The highest BCUT2D eigenvalue weighted by Gasteiger charge is 2.35. The molecule has 1 aromatic heterocycles.